The van der Waals surface area contributed by atoms with Crippen LogP contribution in [0.15, 0.2) is 36.7 Å². The summed E-state index contributed by atoms with van der Waals surface area (Å²) in [5.74, 6) is -0.437. The predicted molar refractivity (Wildman–Crippen MR) is 97.7 cm³/mol. The molecule has 0 atom stereocenters. The van der Waals surface area contributed by atoms with E-state index < -0.39 is 5.97 Å². The molecule has 1 saturated heterocycles. The Bertz CT molecular complexity index is 771. The van der Waals surface area contributed by atoms with Gasteiger partial charge in [-0.25, -0.2) is 4.79 Å². The summed E-state index contributed by atoms with van der Waals surface area (Å²) >= 11 is 0. The lowest BCUT2D eigenvalue weighted by atomic mass is 10.2. The first-order valence-electron chi connectivity index (χ1n) is 8.69. The van der Waals surface area contributed by atoms with Crippen LogP contribution in [0.1, 0.15) is 29.6 Å². The number of carbonyl (C=O) groups is 2. The highest BCUT2D eigenvalue weighted by molar-refractivity contribution is 5.91. The second-order valence-electron chi connectivity index (χ2n) is 6.20. The molecule has 0 aromatic carbocycles. The van der Waals surface area contributed by atoms with Gasteiger partial charge < -0.3 is 15.0 Å². The predicted octanol–water partition coefficient (Wildman–Crippen LogP) is 2.35. The van der Waals surface area contributed by atoms with Crippen LogP contribution < -0.4 is 5.32 Å². The fourth-order valence-corrected chi connectivity index (χ4v) is 2.92. The third-order valence-corrected chi connectivity index (χ3v) is 4.34. The number of aromatic nitrogens is 2. The maximum atomic E-state index is 12.0. The fraction of sp³-hybridized carbons (Fsp3) is 0.368. The Hall–Kier alpha value is -2.80. The molecule has 3 heterocycles. The van der Waals surface area contributed by atoms with Gasteiger partial charge in [-0.05, 0) is 50.2 Å². The molecule has 2 aromatic heterocycles. The SMILES string of the molecule is COC(=O)c1ccnc(-c2ccc(NC(=O)CCN3CCCC3)cn2)c1. The zero-order valence-electron chi connectivity index (χ0n) is 14.8. The highest BCUT2D eigenvalue weighted by Crippen LogP contribution is 2.18. The van der Waals surface area contributed by atoms with E-state index in [1.807, 2.05) is 0 Å². The molecule has 2 aromatic rings. The van der Waals surface area contributed by atoms with Crippen LogP contribution in [-0.4, -0.2) is 53.5 Å². The Labute approximate surface area is 152 Å². The van der Waals surface area contributed by atoms with E-state index in [-0.39, 0.29) is 5.91 Å². The topological polar surface area (TPSA) is 84.4 Å². The summed E-state index contributed by atoms with van der Waals surface area (Å²) in [4.78, 5) is 34.5. The van der Waals surface area contributed by atoms with Gasteiger partial charge in [0, 0.05) is 19.2 Å². The van der Waals surface area contributed by atoms with E-state index in [9.17, 15) is 9.59 Å². The Balaban J connectivity index is 1.59. The first-order valence-corrected chi connectivity index (χ1v) is 8.69. The zero-order valence-corrected chi connectivity index (χ0v) is 14.8. The van der Waals surface area contributed by atoms with E-state index in [1.54, 1.807) is 30.5 Å². The molecule has 1 aliphatic heterocycles. The fourth-order valence-electron chi connectivity index (χ4n) is 2.92. The highest BCUT2D eigenvalue weighted by atomic mass is 16.5. The second-order valence-corrected chi connectivity index (χ2v) is 6.20. The Morgan fingerprint density at radius 1 is 1.15 bits per heavy atom. The minimum Gasteiger partial charge on any atom is -0.465 e. The highest BCUT2D eigenvalue weighted by Gasteiger charge is 2.13. The quantitative estimate of drug-likeness (QED) is 0.802. The number of hydrogen-bond acceptors (Lipinski definition) is 6. The Morgan fingerprint density at radius 3 is 2.65 bits per heavy atom. The van der Waals surface area contributed by atoms with Crippen molar-refractivity contribution in [2.75, 3.05) is 32.1 Å². The number of likely N-dealkylation sites (tertiary alicyclic amines) is 1. The number of nitrogens with zero attached hydrogens (tertiary/aromatic N) is 3. The van der Waals surface area contributed by atoms with Crippen LogP contribution in [0.4, 0.5) is 5.69 Å². The molecule has 1 aliphatic rings. The number of pyridine rings is 2. The van der Waals surface area contributed by atoms with Crippen molar-refractivity contribution in [3.8, 4) is 11.4 Å². The van der Waals surface area contributed by atoms with E-state index in [2.05, 4.69) is 20.2 Å². The minimum atomic E-state index is -0.421. The largest absolute Gasteiger partial charge is 0.465 e. The van der Waals surface area contributed by atoms with Gasteiger partial charge in [-0.2, -0.15) is 0 Å². The van der Waals surface area contributed by atoms with Crippen molar-refractivity contribution in [3.05, 3.63) is 42.2 Å². The molecule has 7 heteroatoms. The van der Waals surface area contributed by atoms with Crippen molar-refractivity contribution < 1.29 is 14.3 Å². The van der Waals surface area contributed by atoms with Crippen LogP contribution in [0.25, 0.3) is 11.4 Å². The maximum absolute atomic E-state index is 12.0. The maximum Gasteiger partial charge on any atom is 0.337 e. The number of nitrogens with one attached hydrogen (secondary N) is 1. The number of hydrogen-bond donors (Lipinski definition) is 1. The van der Waals surface area contributed by atoms with Gasteiger partial charge in [-0.1, -0.05) is 0 Å². The van der Waals surface area contributed by atoms with Crippen LogP contribution in [0.2, 0.25) is 0 Å². The van der Waals surface area contributed by atoms with Gasteiger partial charge in [-0.15, -0.1) is 0 Å². The molecule has 0 radical (unpaired) electrons. The summed E-state index contributed by atoms with van der Waals surface area (Å²) in [6.07, 6.45) is 6.05. The summed E-state index contributed by atoms with van der Waals surface area (Å²) in [5.41, 5.74) is 2.24. The monoisotopic (exact) mass is 354 g/mol. The molecule has 1 amide bonds. The summed E-state index contributed by atoms with van der Waals surface area (Å²) in [6, 6.07) is 6.76. The Morgan fingerprint density at radius 2 is 1.96 bits per heavy atom. The number of rotatable bonds is 6. The van der Waals surface area contributed by atoms with Gasteiger partial charge in [-0.3, -0.25) is 14.8 Å². The third-order valence-electron chi connectivity index (χ3n) is 4.34. The summed E-state index contributed by atoms with van der Waals surface area (Å²) < 4.78 is 4.71. The second kappa shape index (κ2) is 8.53. The average molecular weight is 354 g/mol. The smallest absolute Gasteiger partial charge is 0.337 e. The molecule has 0 bridgehead atoms. The minimum absolute atomic E-state index is 0.0164. The molecule has 1 N–H and O–H groups in total. The summed E-state index contributed by atoms with van der Waals surface area (Å²) in [5, 5.41) is 2.86. The average Bonchev–Trinajstić information content (AvgIpc) is 3.20. The molecule has 0 spiro atoms. The normalized spacial score (nSPS) is 14.2. The lowest BCUT2D eigenvalue weighted by molar-refractivity contribution is -0.116. The standard InChI is InChI=1S/C19H22N4O3/c1-26-19(25)14-6-8-20-17(12-14)16-5-4-15(13-21-16)22-18(24)7-11-23-9-2-3-10-23/h4-6,8,12-13H,2-3,7,9-11H2,1H3,(H,22,24). The first kappa shape index (κ1) is 18.0. The molecule has 136 valence electrons. The number of methoxy groups -OCH3 is 1. The zero-order chi connectivity index (χ0) is 18.4. The summed E-state index contributed by atoms with van der Waals surface area (Å²) in [7, 11) is 1.34. The van der Waals surface area contributed by atoms with Crippen LogP contribution in [0.3, 0.4) is 0 Å². The van der Waals surface area contributed by atoms with E-state index >= 15 is 0 Å². The first-order chi connectivity index (χ1) is 12.7. The number of amides is 1. The number of anilines is 1. The molecule has 3 rings (SSSR count). The van der Waals surface area contributed by atoms with Crippen LogP contribution in [0, 0.1) is 0 Å². The molecule has 26 heavy (non-hydrogen) atoms. The van der Waals surface area contributed by atoms with Crippen molar-refractivity contribution in [1.82, 2.24) is 14.9 Å². The van der Waals surface area contributed by atoms with E-state index in [0.29, 0.717) is 29.1 Å². The molecule has 7 nitrogen and oxygen atoms in total. The van der Waals surface area contributed by atoms with Crippen molar-refractivity contribution in [1.29, 1.82) is 0 Å². The van der Waals surface area contributed by atoms with Crippen molar-refractivity contribution in [2.24, 2.45) is 0 Å². The van der Waals surface area contributed by atoms with E-state index in [0.717, 1.165) is 19.6 Å². The lowest BCUT2D eigenvalue weighted by Gasteiger charge is -2.13. The third kappa shape index (κ3) is 4.64. The molecular formula is C19H22N4O3. The van der Waals surface area contributed by atoms with E-state index in [1.165, 1.54) is 26.1 Å². The molecule has 1 fully saturated rings. The molecular weight excluding hydrogens is 332 g/mol. The van der Waals surface area contributed by atoms with Gasteiger partial charge in [0.1, 0.15) is 0 Å². The van der Waals surface area contributed by atoms with Crippen LogP contribution in [-0.2, 0) is 9.53 Å². The van der Waals surface area contributed by atoms with Gasteiger partial charge in [0.25, 0.3) is 0 Å². The van der Waals surface area contributed by atoms with Gasteiger partial charge in [0.15, 0.2) is 0 Å². The number of carbonyl (C=O) groups excluding carboxylic acids is 2. The molecule has 0 unspecified atom stereocenters. The lowest BCUT2D eigenvalue weighted by Crippen LogP contribution is -2.25. The summed E-state index contributed by atoms with van der Waals surface area (Å²) in [6.45, 7) is 2.96. The van der Waals surface area contributed by atoms with Gasteiger partial charge in [0.2, 0.25) is 5.91 Å². The molecule has 0 aliphatic carbocycles. The number of esters is 1. The molecule has 0 saturated carbocycles. The van der Waals surface area contributed by atoms with Crippen molar-refractivity contribution in [3.63, 3.8) is 0 Å². The van der Waals surface area contributed by atoms with Crippen molar-refractivity contribution >= 4 is 17.6 Å². The van der Waals surface area contributed by atoms with Gasteiger partial charge >= 0.3 is 5.97 Å². The van der Waals surface area contributed by atoms with Gasteiger partial charge in [0.05, 0.1) is 35.9 Å². The van der Waals surface area contributed by atoms with Crippen molar-refractivity contribution in [2.45, 2.75) is 19.3 Å². The number of ether oxygens (including phenoxy) is 1. The Kier molecular flexibility index (Phi) is 5.91. The van der Waals surface area contributed by atoms with Crippen LogP contribution >= 0.6 is 0 Å². The van der Waals surface area contributed by atoms with E-state index in [4.69, 9.17) is 4.74 Å². The van der Waals surface area contributed by atoms with Crippen LogP contribution in [0.5, 0.6) is 0 Å².